The van der Waals surface area contributed by atoms with Gasteiger partial charge in [-0.3, -0.25) is 9.36 Å². The molecule has 4 nitrogen and oxygen atoms in total. The molecule has 0 aliphatic rings. The van der Waals surface area contributed by atoms with Crippen molar-refractivity contribution in [3.8, 4) is 11.8 Å². The second-order valence-corrected chi connectivity index (χ2v) is 5.65. The molecule has 0 unspecified atom stereocenters. The van der Waals surface area contributed by atoms with Gasteiger partial charge in [-0.1, -0.05) is 6.07 Å². The third kappa shape index (κ3) is 1.88. The summed E-state index contributed by atoms with van der Waals surface area (Å²) in [6.45, 7) is 1.88. The maximum Gasteiger partial charge on any atom is 0.267 e. The number of H-pyrrole nitrogens is 1. The molecule has 6 heteroatoms. The number of nitrogens with zero attached hydrogens (tertiary/aromatic N) is 2. The zero-order valence-corrected chi connectivity index (χ0v) is 12.1. The highest BCUT2D eigenvalue weighted by Gasteiger charge is 2.11. The van der Waals surface area contributed by atoms with E-state index in [-0.39, 0.29) is 5.56 Å². The molecule has 1 aromatic carbocycles. The van der Waals surface area contributed by atoms with Gasteiger partial charge in [0, 0.05) is 0 Å². The Morgan fingerprint density at radius 2 is 2.20 bits per heavy atom. The van der Waals surface area contributed by atoms with Crippen molar-refractivity contribution in [2.75, 3.05) is 0 Å². The topological polar surface area (TPSA) is 61.6 Å². The molecule has 0 bridgehead atoms. The number of nitrogens with one attached hydrogen (secondary N) is 1. The Labute approximate surface area is 123 Å². The van der Waals surface area contributed by atoms with E-state index in [0.29, 0.717) is 21.4 Å². The number of aromatic nitrogens is 2. The van der Waals surface area contributed by atoms with Gasteiger partial charge in [-0.15, -0.1) is 11.3 Å². The van der Waals surface area contributed by atoms with Crippen LogP contribution in [0.25, 0.3) is 15.9 Å². The van der Waals surface area contributed by atoms with E-state index in [4.69, 9.17) is 17.5 Å². The van der Waals surface area contributed by atoms with Crippen LogP contribution in [0.4, 0.5) is 0 Å². The number of aromatic amines is 1. The first kappa shape index (κ1) is 12.8. The van der Waals surface area contributed by atoms with Gasteiger partial charge in [0.25, 0.3) is 5.56 Å². The summed E-state index contributed by atoms with van der Waals surface area (Å²) >= 11 is 6.73. The number of hydrogen-bond acceptors (Lipinski definition) is 4. The normalized spacial score (nSPS) is 10.6. The molecule has 1 N–H and O–H groups in total. The lowest BCUT2D eigenvalue weighted by Gasteiger charge is -2.10. The van der Waals surface area contributed by atoms with Crippen molar-refractivity contribution in [2.45, 2.75) is 6.92 Å². The smallest absolute Gasteiger partial charge is 0.267 e. The number of rotatable bonds is 1. The molecule has 0 radical (unpaired) electrons. The largest absolute Gasteiger partial charge is 0.323 e. The molecule has 0 aliphatic carbocycles. The van der Waals surface area contributed by atoms with Crippen molar-refractivity contribution >= 4 is 33.8 Å². The molecule has 0 saturated carbocycles. The Kier molecular flexibility index (Phi) is 3.01. The van der Waals surface area contributed by atoms with Crippen molar-refractivity contribution in [2.24, 2.45) is 0 Å². The van der Waals surface area contributed by atoms with Crippen LogP contribution in [0, 0.1) is 23.0 Å². The van der Waals surface area contributed by atoms with Crippen LogP contribution in [0.3, 0.4) is 0 Å². The Balaban J connectivity index is 2.44. The van der Waals surface area contributed by atoms with Gasteiger partial charge in [0.1, 0.15) is 4.83 Å². The molecule has 98 valence electrons. The number of benzene rings is 1. The molecule has 2 aromatic heterocycles. The molecule has 20 heavy (non-hydrogen) atoms. The predicted octanol–water partition coefficient (Wildman–Crippen LogP) is 3.29. The summed E-state index contributed by atoms with van der Waals surface area (Å²) in [5, 5.41) is 11.5. The first-order valence-corrected chi connectivity index (χ1v) is 7.14. The second-order valence-electron chi connectivity index (χ2n) is 4.35. The van der Waals surface area contributed by atoms with Gasteiger partial charge in [0.15, 0.2) is 4.77 Å². The molecular weight excluding hydrogens is 290 g/mol. The number of aryl methyl sites for hydroxylation is 1. The van der Waals surface area contributed by atoms with Gasteiger partial charge >= 0.3 is 0 Å². The molecule has 0 atom stereocenters. The lowest BCUT2D eigenvalue weighted by molar-refractivity contribution is 0.933. The Bertz CT molecular complexity index is 972. The summed E-state index contributed by atoms with van der Waals surface area (Å²) in [7, 11) is 0. The first-order valence-electron chi connectivity index (χ1n) is 5.85. The average molecular weight is 299 g/mol. The number of hydrogen-bond donors (Lipinski definition) is 1. The summed E-state index contributed by atoms with van der Waals surface area (Å²) in [5.74, 6) is 0. The second kappa shape index (κ2) is 4.71. The van der Waals surface area contributed by atoms with Gasteiger partial charge < -0.3 is 4.98 Å². The van der Waals surface area contributed by atoms with E-state index in [1.807, 2.05) is 18.4 Å². The van der Waals surface area contributed by atoms with Crippen molar-refractivity contribution in [1.82, 2.24) is 9.55 Å². The van der Waals surface area contributed by atoms with Crippen LogP contribution in [0.2, 0.25) is 0 Å². The standard InChI is InChI=1S/C14H9N3OS2/c1-8-2-3-9(7-15)6-11(8)17-13(18)10-4-5-20-12(10)16-14(17)19/h2-6H,1H3,(H,16,19). The molecule has 0 spiro atoms. The van der Waals surface area contributed by atoms with Gasteiger partial charge in [0.05, 0.1) is 22.7 Å². The fourth-order valence-electron chi connectivity index (χ4n) is 2.08. The maximum absolute atomic E-state index is 12.6. The number of nitriles is 1. The highest BCUT2D eigenvalue weighted by atomic mass is 32.1. The quantitative estimate of drug-likeness (QED) is 0.701. The summed E-state index contributed by atoms with van der Waals surface area (Å²) in [6.07, 6.45) is 0. The summed E-state index contributed by atoms with van der Waals surface area (Å²) in [6, 6.07) is 9.06. The lowest BCUT2D eigenvalue weighted by atomic mass is 10.1. The van der Waals surface area contributed by atoms with E-state index in [9.17, 15) is 4.79 Å². The highest BCUT2D eigenvalue weighted by molar-refractivity contribution is 7.71. The van der Waals surface area contributed by atoms with Gasteiger partial charge in [-0.25, -0.2) is 0 Å². The van der Waals surface area contributed by atoms with Gasteiger partial charge in [-0.05, 0) is 48.3 Å². The summed E-state index contributed by atoms with van der Waals surface area (Å²) in [4.78, 5) is 16.4. The molecule has 0 amide bonds. The zero-order chi connectivity index (χ0) is 14.3. The van der Waals surface area contributed by atoms with E-state index in [1.165, 1.54) is 15.9 Å². The third-order valence-electron chi connectivity index (χ3n) is 3.10. The van der Waals surface area contributed by atoms with E-state index in [0.717, 1.165) is 10.4 Å². The zero-order valence-electron chi connectivity index (χ0n) is 10.5. The minimum atomic E-state index is -0.164. The van der Waals surface area contributed by atoms with Crippen LogP contribution in [-0.4, -0.2) is 9.55 Å². The van der Waals surface area contributed by atoms with Crippen molar-refractivity contribution in [1.29, 1.82) is 5.26 Å². The summed E-state index contributed by atoms with van der Waals surface area (Å²) < 4.78 is 1.78. The minimum absolute atomic E-state index is 0.164. The fraction of sp³-hybridized carbons (Fsp3) is 0.0714. The third-order valence-corrected chi connectivity index (χ3v) is 4.22. The molecule has 2 heterocycles. The van der Waals surface area contributed by atoms with Crippen LogP contribution >= 0.6 is 23.6 Å². The predicted molar refractivity (Wildman–Crippen MR) is 82.1 cm³/mol. The van der Waals surface area contributed by atoms with Crippen LogP contribution in [0.15, 0.2) is 34.4 Å². The minimum Gasteiger partial charge on any atom is -0.323 e. The average Bonchev–Trinajstić information content (AvgIpc) is 2.89. The van der Waals surface area contributed by atoms with Crippen molar-refractivity contribution in [3.63, 3.8) is 0 Å². The van der Waals surface area contributed by atoms with Crippen LogP contribution in [0.1, 0.15) is 11.1 Å². The van der Waals surface area contributed by atoms with Gasteiger partial charge in [0.2, 0.25) is 0 Å². The van der Waals surface area contributed by atoms with E-state index in [1.54, 1.807) is 18.2 Å². The Morgan fingerprint density at radius 1 is 1.40 bits per heavy atom. The van der Waals surface area contributed by atoms with Crippen molar-refractivity contribution < 1.29 is 0 Å². The highest BCUT2D eigenvalue weighted by Crippen LogP contribution is 2.18. The number of fused-ring (bicyclic) bond motifs is 1. The molecule has 3 aromatic rings. The Hall–Kier alpha value is -2.23. The lowest BCUT2D eigenvalue weighted by Crippen LogP contribution is -2.20. The summed E-state index contributed by atoms with van der Waals surface area (Å²) in [5.41, 5.74) is 1.86. The first-order chi connectivity index (χ1) is 9.61. The fourth-order valence-corrected chi connectivity index (χ4v) is 3.20. The van der Waals surface area contributed by atoms with Crippen molar-refractivity contribution in [3.05, 3.63) is 55.9 Å². The number of thiophene rings is 1. The molecule has 0 aliphatic heterocycles. The molecule has 3 rings (SSSR count). The monoisotopic (exact) mass is 299 g/mol. The molecule has 0 saturated heterocycles. The van der Waals surface area contributed by atoms with Crippen LogP contribution in [0.5, 0.6) is 0 Å². The Morgan fingerprint density at radius 3 is 2.95 bits per heavy atom. The SMILES string of the molecule is Cc1ccc(C#N)cc1-n1c(=S)[nH]c2sccc2c1=O. The van der Waals surface area contributed by atoms with Gasteiger partial charge in [-0.2, -0.15) is 5.26 Å². The van der Waals surface area contributed by atoms with E-state index >= 15 is 0 Å². The van der Waals surface area contributed by atoms with Crippen LogP contribution < -0.4 is 5.56 Å². The maximum atomic E-state index is 12.6. The van der Waals surface area contributed by atoms with E-state index in [2.05, 4.69) is 11.1 Å². The molecular formula is C14H9N3OS2. The van der Waals surface area contributed by atoms with Crippen LogP contribution in [-0.2, 0) is 0 Å². The van der Waals surface area contributed by atoms with E-state index < -0.39 is 0 Å². The molecule has 0 fully saturated rings.